The van der Waals surface area contributed by atoms with Crippen LogP contribution >= 0.6 is 15.9 Å². The fraction of sp³-hybridized carbons (Fsp3) is 0.188. The van der Waals surface area contributed by atoms with Crippen LogP contribution in [0.25, 0.3) is 0 Å². The van der Waals surface area contributed by atoms with Crippen molar-refractivity contribution < 1.29 is 9.53 Å². The van der Waals surface area contributed by atoms with Crippen molar-refractivity contribution in [3.63, 3.8) is 0 Å². The van der Waals surface area contributed by atoms with E-state index < -0.39 is 0 Å². The molecular weight excluding hydrogens is 332 g/mol. The Hall–Kier alpha value is -2.01. The number of rotatable bonds is 5. The lowest BCUT2D eigenvalue weighted by Crippen LogP contribution is -2.31. The number of methoxy groups -OCH3 is 1. The first-order valence-corrected chi connectivity index (χ1v) is 7.48. The fourth-order valence-corrected chi connectivity index (χ4v) is 2.28. The maximum atomic E-state index is 11.8. The Morgan fingerprint density at radius 3 is 2.43 bits per heavy atom. The lowest BCUT2D eigenvalue weighted by atomic mass is 10.1. The molecule has 1 atom stereocenters. The predicted octanol–water partition coefficient (Wildman–Crippen LogP) is 3.95. The van der Waals surface area contributed by atoms with Gasteiger partial charge in [-0.25, -0.2) is 4.79 Å². The molecule has 0 aliphatic heterocycles. The third-order valence-corrected chi connectivity index (χ3v) is 3.80. The molecule has 0 saturated heterocycles. The van der Waals surface area contributed by atoms with Crippen LogP contribution < -0.4 is 15.4 Å². The van der Waals surface area contributed by atoms with E-state index in [0.29, 0.717) is 6.54 Å². The number of anilines is 1. The molecule has 0 saturated carbocycles. The normalized spacial score (nSPS) is 11.5. The number of hydrogen-bond donors (Lipinski definition) is 2. The minimum absolute atomic E-state index is 0.0836. The summed E-state index contributed by atoms with van der Waals surface area (Å²) < 4.78 is 5.07. The molecule has 2 amide bonds. The Balaban J connectivity index is 1.81. The number of nitrogens with one attached hydrogen (secondary N) is 2. The van der Waals surface area contributed by atoms with E-state index in [-0.39, 0.29) is 10.9 Å². The molecule has 0 fully saturated rings. The minimum Gasteiger partial charge on any atom is -0.497 e. The summed E-state index contributed by atoms with van der Waals surface area (Å²) in [5.74, 6) is 0.755. The highest BCUT2D eigenvalue weighted by Crippen LogP contribution is 2.21. The second kappa shape index (κ2) is 7.69. The Bertz CT molecular complexity index is 573. The first-order valence-electron chi connectivity index (χ1n) is 6.57. The Morgan fingerprint density at radius 1 is 1.14 bits per heavy atom. The summed E-state index contributed by atoms with van der Waals surface area (Å²) in [4.78, 5) is 11.9. The largest absolute Gasteiger partial charge is 0.497 e. The van der Waals surface area contributed by atoms with Crippen molar-refractivity contribution in [3.05, 3.63) is 60.2 Å². The van der Waals surface area contributed by atoms with Crippen molar-refractivity contribution in [2.45, 2.75) is 4.83 Å². The smallest absolute Gasteiger partial charge is 0.319 e. The van der Waals surface area contributed by atoms with Crippen LogP contribution in [0.5, 0.6) is 5.75 Å². The van der Waals surface area contributed by atoms with Crippen LogP contribution in [0.15, 0.2) is 54.6 Å². The van der Waals surface area contributed by atoms with Gasteiger partial charge in [-0.15, -0.1) is 0 Å². The number of carbonyl (C=O) groups is 1. The third kappa shape index (κ3) is 4.79. The van der Waals surface area contributed by atoms with E-state index in [1.165, 1.54) is 0 Å². The van der Waals surface area contributed by atoms with E-state index in [4.69, 9.17) is 4.74 Å². The molecule has 0 aliphatic rings. The van der Waals surface area contributed by atoms with Gasteiger partial charge >= 0.3 is 6.03 Å². The maximum Gasteiger partial charge on any atom is 0.319 e. The molecule has 110 valence electrons. The molecule has 2 aromatic rings. The molecule has 2 aromatic carbocycles. The number of amides is 2. The number of carbonyl (C=O) groups excluding carboxylic acids is 1. The topological polar surface area (TPSA) is 50.4 Å². The Labute approximate surface area is 132 Å². The van der Waals surface area contributed by atoms with Crippen molar-refractivity contribution in [2.75, 3.05) is 19.0 Å². The van der Waals surface area contributed by atoms with Crippen molar-refractivity contribution in [2.24, 2.45) is 0 Å². The highest BCUT2D eigenvalue weighted by molar-refractivity contribution is 9.09. The first kappa shape index (κ1) is 15.4. The molecule has 0 spiro atoms. The van der Waals surface area contributed by atoms with Crippen LogP contribution in [0.2, 0.25) is 0 Å². The second-order valence-corrected chi connectivity index (χ2v) is 5.55. The molecule has 0 radical (unpaired) electrons. The van der Waals surface area contributed by atoms with Crippen LogP contribution in [0.3, 0.4) is 0 Å². The number of ether oxygens (including phenoxy) is 1. The van der Waals surface area contributed by atoms with Crippen LogP contribution in [0.1, 0.15) is 10.4 Å². The van der Waals surface area contributed by atoms with Crippen molar-refractivity contribution in [1.29, 1.82) is 0 Å². The van der Waals surface area contributed by atoms with Crippen LogP contribution in [0, 0.1) is 0 Å². The molecule has 2 rings (SSSR count). The van der Waals surface area contributed by atoms with Gasteiger partial charge in [-0.05, 0) is 29.8 Å². The van der Waals surface area contributed by atoms with Crippen molar-refractivity contribution in [3.8, 4) is 5.75 Å². The first-order chi connectivity index (χ1) is 10.2. The molecule has 2 N–H and O–H groups in total. The van der Waals surface area contributed by atoms with E-state index >= 15 is 0 Å². The summed E-state index contributed by atoms with van der Waals surface area (Å²) in [7, 11) is 1.61. The summed E-state index contributed by atoms with van der Waals surface area (Å²) in [5, 5.41) is 5.60. The summed E-state index contributed by atoms with van der Waals surface area (Å²) in [6.07, 6.45) is 0. The summed E-state index contributed by atoms with van der Waals surface area (Å²) in [6, 6.07) is 16.9. The number of alkyl halides is 1. The molecule has 0 bridgehead atoms. The Morgan fingerprint density at radius 2 is 1.81 bits per heavy atom. The summed E-state index contributed by atoms with van der Waals surface area (Å²) >= 11 is 3.56. The lowest BCUT2D eigenvalue weighted by Gasteiger charge is -2.12. The zero-order valence-electron chi connectivity index (χ0n) is 11.7. The highest BCUT2D eigenvalue weighted by atomic mass is 79.9. The van der Waals surface area contributed by atoms with Crippen LogP contribution in [-0.2, 0) is 0 Å². The average Bonchev–Trinajstić information content (AvgIpc) is 2.54. The fourth-order valence-electron chi connectivity index (χ4n) is 1.81. The standard InChI is InChI=1S/C16H17BrN2O2/c1-21-14-9-7-13(8-10-14)19-16(20)18-11-15(17)12-5-3-2-4-6-12/h2-10,15H,11H2,1H3,(H2,18,19,20). The van der Waals surface area contributed by atoms with E-state index in [2.05, 4.69) is 26.6 Å². The Kier molecular flexibility index (Phi) is 5.63. The van der Waals surface area contributed by atoms with E-state index in [1.807, 2.05) is 30.3 Å². The predicted molar refractivity (Wildman–Crippen MR) is 88.1 cm³/mol. The molecule has 0 heterocycles. The van der Waals surface area contributed by atoms with Gasteiger partial charge in [0.25, 0.3) is 0 Å². The molecule has 21 heavy (non-hydrogen) atoms. The van der Waals surface area contributed by atoms with Gasteiger partial charge in [0.15, 0.2) is 0 Å². The number of halogens is 1. The van der Waals surface area contributed by atoms with Gasteiger partial charge in [0.2, 0.25) is 0 Å². The highest BCUT2D eigenvalue weighted by Gasteiger charge is 2.09. The van der Waals surface area contributed by atoms with E-state index in [1.54, 1.807) is 31.4 Å². The van der Waals surface area contributed by atoms with Gasteiger partial charge in [-0.2, -0.15) is 0 Å². The molecule has 1 unspecified atom stereocenters. The number of benzene rings is 2. The van der Waals surface area contributed by atoms with Crippen molar-refractivity contribution >= 4 is 27.6 Å². The van der Waals surface area contributed by atoms with Crippen molar-refractivity contribution in [1.82, 2.24) is 5.32 Å². The second-order valence-electron chi connectivity index (χ2n) is 4.44. The monoisotopic (exact) mass is 348 g/mol. The SMILES string of the molecule is COc1ccc(NC(=O)NCC(Br)c2ccccc2)cc1. The molecule has 4 nitrogen and oxygen atoms in total. The van der Waals surface area contributed by atoms with E-state index in [9.17, 15) is 4.79 Å². The average molecular weight is 349 g/mol. The van der Waals surface area contributed by atoms with Gasteiger partial charge in [0.1, 0.15) is 5.75 Å². The lowest BCUT2D eigenvalue weighted by molar-refractivity contribution is 0.252. The van der Waals surface area contributed by atoms with Crippen LogP contribution in [-0.4, -0.2) is 19.7 Å². The number of urea groups is 1. The molecule has 0 aliphatic carbocycles. The molecular formula is C16H17BrN2O2. The zero-order chi connectivity index (χ0) is 15.1. The van der Waals surface area contributed by atoms with Gasteiger partial charge in [0, 0.05) is 12.2 Å². The van der Waals surface area contributed by atoms with Gasteiger partial charge in [-0.3, -0.25) is 0 Å². The van der Waals surface area contributed by atoms with Gasteiger partial charge in [0.05, 0.1) is 11.9 Å². The maximum absolute atomic E-state index is 11.8. The van der Waals surface area contributed by atoms with Gasteiger partial charge < -0.3 is 15.4 Å². The third-order valence-electron chi connectivity index (χ3n) is 2.95. The molecule has 0 aromatic heterocycles. The summed E-state index contributed by atoms with van der Waals surface area (Å²) in [5.41, 5.74) is 1.85. The quantitative estimate of drug-likeness (QED) is 0.803. The zero-order valence-corrected chi connectivity index (χ0v) is 13.3. The minimum atomic E-state index is -0.236. The van der Waals surface area contributed by atoms with Gasteiger partial charge in [-0.1, -0.05) is 46.3 Å². The molecule has 5 heteroatoms. The van der Waals surface area contributed by atoms with Crippen LogP contribution in [0.4, 0.5) is 10.5 Å². The number of hydrogen-bond acceptors (Lipinski definition) is 2. The summed E-state index contributed by atoms with van der Waals surface area (Å²) in [6.45, 7) is 0.506. The van der Waals surface area contributed by atoms with E-state index in [0.717, 1.165) is 17.0 Å².